The molecule has 7 nitrogen and oxygen atoms in total. The molecule has 1 unspecified atom stereocenters. The molecule has 2 aromatic rings. The number of rotatable bonds is 8. The van der Waals surface area contributed by atoms with Gasteiger partial charge in [-0.05, 0) is 37.0 Å². The number of carbonyl (C=O) groups excluding carboxylic acids is 3. The van der Waals surface area contributed by atoms with Crippen molar-refractivity contribution >= 4 is 23.7 Å². The zero-order chi connectivity index (χ0) is 21.7. The number of anilines is 1. The molecule has 2 aromatic carbocycles. The molecule has 0 spiro atoms. The summed E-state index contributed by atoms with van der Waals surface area (Å²) in [5.74, 6) is -3.43. The first-order chi connectivity index (χ1) is 14.4. The molecule has 9 heteroatoms. The van der Waals surface area contributed by atoms with Crippen LogP contribution in [0.5, 0.6) is 0 Å². The number of nitrogens with zero attached hydrogens (tertiary/aromatic N) is 2. The zero-order valence-corrected chi connectivity index (χ0v) is 22.8. The van der Waals surface area contributed by atoms with Gasteiger partial charge in [-0.25, -0.2) is 4.79 Å². The Labute approximate surface area is 232 Å². The van der Waals surface area contributed by atoms with Crippen molar-refractivity contribution in [2.75, 3.05) is 18.0 Å². The van der Waals surface area contributed by atoms with Crippen LogP contribution in [0.15, 0.2) is 54.6 Å². The Morgan fingerprint density at radius 1 is 1.03 bits per heavy atom. The van der Waals surface area contributed by atoms with Crippen LogP contribution in [-0.4, -0.2) is 42.0 Å². The molecule has 1 aliphatic rings. The van der Waals surface area contributed by atoms with E-state index in [1.807, 2.05) is 30.3 Å². The first-order valence-corrected chi connectivity index (χ1v) is 10.0. The second-order valence-electron chi connectivity index (χ2n) is 7.40. The van der Waals surface area contributed by atoms with Gasteiger partial charge in [-0.2, -0.15) is 0 Å². The molecule has 2 atom stereocenters. The van der Waals surface area contributed by atoms with Gasteiger partial charge in [0.1, 0.15) is 0 Å². The number of urea groups is 1. The van der Waals surface area contributed by atoms with Gasteiger partial charge < -0.3 is 24.7 Å². The van der Waals surface area contributed by atoms with Gasteiger partial charge in [-0.3, -0.25) is 4.90 Å². The van der Waals surface area contributed by atoms with Crippen LogP contribution in [0, 0.1) is 5.92 Å². The minimum Gasteiger partial charge on any atom is -0.550 e. The van der Waals surface area contributed by atoms with Crippen molar-refractivity contribution in [3.8, 4) is 0 Å². The van der Waals surface area contributed by atoms with Crippen LogP contribution in [0.25, 0.3) is 0 Å². The number of aliphatic carboxylic acids is 2. The third-order valence-electron chi connectivity index (χ3n) is 5.50. The van der Waals surface area contributed by atoms with Gasteiger partial charge in [0.05, 0.1) is 12.0 Å². The normalized spacial score (nSPS) is 15.0. The van der Waals surface area contributed by atoms with E-state index in [0.717, 1.165) is 11.1 Å². The molecular weight excluding hydrogens is 430 g/mol. The summed E-state index contributed by atoms with van der Waals surface area (Å²) < 4.78 is 0. The Bertz CT molecular complexity index is 926. The smallest absolute Gasteiger partial charge is 0.550 e. The Morgan fingerprint density at radius 3 is 2.25 bits per heavy atom. The van der Waals surface area contributed by atoms with Crippen LogP contribution in [0.1, 0.15) is 24.5 Å². The minimum absolute atomic E-state index is 0. The molecule has 0 saturated heterocycles. The third kappa shape index (κ3) is 6.83. The van der Waals surface area contributed by atoms with Crippen LogP contribution in [0.2, 0.25) is 0 Å². The van der Waals surface area contributed by atoms with E-state index in [0.29, 0.717) is 18.5 Å². The number of amides is 2. The fourth-order valence-corrected chi connectivity index (χ4v) is 3.84. The van der Waals surface area contributed by atoms with Gasteiger partial charge in [0.25, 0.3) is 0 Å². The quantitative estimate of drug-likeness (QED) is 0.371. The molecule has 0 aromatic heterocycles. The summed E-state index contributed by atoms with van der Waals surface area (Å²) in [4.78, 5) is 39.2. The number of aryl methyl sites for hydroxylation is 1. The Kier molecular flexibility index (Phi) is 12.0. The van der Waals surface area contributed by atoms with E-state index in [1.54, 1.807) is 31.2 Å². The fraction of sp³-hybridized carbons (Fsp3) is 0.348. The van der Waals surface area contributed by atoms with Gasteiger partial charge in [-0.15, -0.1) is 0 Å². The van der Waals surface area contributed by atoms with E-state index in [4.69, 9.17) is 0 Å². The second-order valence-corrected chi connectivity index (χ2v) is 7.40. The van der Waals surface area contributed by atoms with Gasteiger partial charge >= 0.3 is 65.1 Å². The fourth-order valence-electron chi connectivity index (χ4n) is 3.84. The van der Waals surface area contributed by atoms with Crippen molar-refractivity contribution in [3.63, 3.8) is 0 Å². The summed E-state index contributed by atoms with van der Waals surface area (Å²) in [5, 5.41) is 23.4. The number of carbonyl (C=O) groups is 3. The van der Waals surface area contributed by atoms with Gasteiger partial charge in [0.2, 0.25) is 0 Å². The van der Waals surface area contributed by atoms with E-state index < -0.39 is 29.9 Å². The zero-order valence-electron chi connectivity index (χ0n) is 18.8. The van der Waals surface area contributed by atoms with E-state index in [9.17, 15) is 24.6 Å². The molecule has 1 heterocycles. The predicted molar refractivity (Wildman–Crippen MR) is 107 cm³/mol. The van der Waals surface area contributed by atoms with Crippen LogP contribution < -0.4 is 74.2 Å². The van der Waals surface area contributed by atoms with Gasteiger partial charge in [0, 0.05) is 37.1 Å². The summed E-state index contributed by atoms with van der Waals surface area (Å²) in [7, 11) is 0. The van der Waals surface area contributed by atoms with Crippen LogP contribution >= 0.6 is 0 Å². The third-order valence-corrected chi connectivity index (χ3v) is 5.50. The molecule has 0 N–H and O–H groups in total. The van der Waals surface area contributed by atoms with E-state index in [1.165, 1.54) is 9.80 Å². The maximum atomic E-state index is 13.2. The van der Waals surface area contributed by atoms with Crippen LogP contribution in [0.3, 0.4) is 0 Å². The first kappa shape index (κ1) is 28.7. The average Bonchev–Trinajstić information content (AvgIpc) is 3.14. The summed E-state index contributed by atoms with van der Waals surface area (Å²) in [6.07, 6.45) is 1.02. The Hall–Kier alpha value is -1.35. The molecule has 0 bridgehead atoms. The maximum Gasteiger partial charge on any atom is 1.00 e. The number of carboxylic acid groups (broad SMARTS) is 2. The van der Waals surface area contributed by atoms with Crippen LogP contribution in [0.4, 0.5) is 10.5 Å². The SMILES string of the molecule is CCN(C[C@@H](CCc1ccccc1)C(=O)[O-])C(=O)N1c2ccccc2CC1C(=O)[O-].[Na+].[Na+]. The molecule has 32 heavy (non-hydrogen) atoms. The van der Waals surface area contributed by atoms with Crippen LogP contribution in [-0.2, 0) is 22.4 Å². The number of hydrogen-bond acceptors (Lipinski definition) is 5. The standard InChI is InChI=1S/C23H26N2O5.2Na/c1-2-24(15-18(21(26)27)13-12-16-8-4-3-5-9-16)23(30)25-19-11-7-6-10-17(19)14-20(25)22(28)29;;/h3-11,18,20H,2,12-15H2,1H3,(H,26,27)(H,28,29);;/q;2*+1/p-2/t18-,20?;;/m1../s1. The molecule has 0 saturated carbocycles. The number of fused-ring (bicyclic) bond motifs is 1. The van der Waals surface area contributed by atoms with Crippen molar-refractivity contribution in [2.45, 2.75) is 32.2 Å². The van der Waals surface area contributed by atoms with Gasteiger partial charge in [-0.1, -0.05) is 48.5 Å². The molecule has 158 valence electrons. The van der Waals surface area contributed by atoms with E-state index in [-0.39, 0.29) is 78.6 Å². The van der Waals surface area contributed by atoms with Crippen molar-refractivity contribution < 1.29 is 83.7 Å². The monoisotopic (exact) mass is 454 g/mol. The predicted octanol–water partition coefficient (Wildman–Crippen LogP) is -5.38. The van der Waals surface area contributed by atoms with Crippen molar-refractivity contribution in [3.05, 3.63) is 65.7 Å². The minimum atomic E-state index is -1.34. The topological polar surface area (TPSA) is 104 Å². The Balaban J connectivity index is 0.00000256. The number of carboxylic acids is 2. The molecule has 0 radical (unpaired) electrons. The van der Waals surface area contributed by atoms with Crippen molar-refractivity contribution in [2.24, 2.45) is 5.92 Å². The summed E-state index contributed by atoms with van der Waals surface area (Å²) in [6, 6.07) is 14.8. The second kappa shape index (κ2) is 13.4. The molecule has 1 aliphatic heterocycles. The van der Waals surface area contributed by atoms with E-state index >= 15 is 0 Å². The molecule has 2 amide bonds. The number of hydrogen-bond donors (Lipinski definition) is 0. The largest absolute Gasteiger partial charge is 1.00 e. The number of benzene rings is 2. The molecule has 0 fully saturated rings. The van der Waals surface area contributed by atoms with Crippen molar-refractivity contribution in [1.29, 1.82) is 0 Å². The summed E-state index contributed by atoms with van der Waals surface area (Å²) >= 11 is 0. The maximum absolute atomic E-state index is 13.2. The summed E-state index contributed by atoms with van der Waals surface area (Å²) in [6.45, 7) is 1.92. The van der Waals surface area contributed by atoms with Crippen molar-refractivity contribution in [1.82, 2.24) is 4.90 Å². The Morgan fingerprint density at radius 2 is 1.66 bits per heavy atom. The van der Waals surface area contributed by atoms with Gasteiger partial charge in [0.15, 0.2) is 0 Å². The number of para-hydroxylation sites is 1. The summed E-state index contributed by atoms with van der Waals surface area (Å²) in [5.41, 5.74) is 2.27. The van der Waals surface area contributed by atoms with E-state index in [2.05, 4.69) is 0 Å². The molecule has 0 aliphatic carbocycles. The molecule has 3 rings (SSSR count). The average molecular weight is 454 g/mol. The first-order valence-electron chi connectivity index (χ1n) is 10.0. The molecular formula is C23H24N2Na2O5.